The highest BCUT2D eigenvalue weighted by Crippen LogP contribution is 2.20. The van der Waals surface area contributed by atoms with E-state index in [1.54, 1.807) is 6.07 Å². The maximum absolute atomic E-state index is 14.1. The van der Waals surface area contributed by atoms with Crippen molar-refractivity contribution in [3.63, 3.8) is 0 Å². The quantitative estimate of drug-likeness (QED) is 0.715. The van der Waals surface area contributed by atoms with Gasteiger partial charge in [-0.3, -0.25) is 4.90 Å². The molecule has 0 unspecified atom stereocenters. The molecule has 0 atom stereocenters. The van der Waals surface area contributed by atoms with Gasteiger partial charge in [-0.15, -0.1) is 0 Å². The maximum Gasteiger partial charge on any atom is 0.147 e. The molecule has 3 aromatic rings. The van der Waals surface area contributed by atoms with Gasteiger partial charge in [0.1, 0.15) is 5.82 Å². The summed E-state index contributed by atoms with van der Waals surface area (Å²) < 4.78 is 16.1. The first kappa shape index (κ1) is 15.9. The van der Waals surface area contributed by atoms with Crippen molar-refractivity contribution < 1.29 is 4.39 Å². The van der Waals surface area contributed by atoms with Gasteiger partial charge in [0.25, 0.3) is 0 Å². The van der Waals surface area contributed by atoms with Crippen molar-refractivity contribution in [3.8, 4) is 5.69 Å². The van der Waals surface area contributed by atoms with Gasteiger partial charge >= 0.3 is 0 Å². The summed E-state index contributed by atoms with van der Waals surface area (Å²) in [6.07, 6.45) is 1.94. The van der Waals surface area contributed by atoms with Gasteiger partial charge in [0.15, 0.2) is 0 Å². The summed E-state index contributed by atoms with van der Waals surface area (Å²) in [6.45, 7) is 4.90. The van der Waals surface area contributed by atoms with Crippen LogP contribution in [0.25, 0.3) is 5.69 Å². The topological polar surface area (TPSA) is 11.4 Å². The van der Waals surface area contributed by atoms with Crippen LogP contribution in [0.15, 0.2) is 72.9 Å². The number of hydrogen-bond acceptors (Lipinski definition) is 2. The van der Waals surface area contributed by atoms with E-state index < -0.39 is 0 Å². The van der Waals surface area contributed by atoms with E-state index in [2.05, 4.69) is 46.2 Å². The Kier molecular flexibility index (Phi) is 4.53. The Balaban J connectivity index is 1.43. The van der Waals surface area contributed by atoms with E-state index in [1.807, 2.05) is 29.0 Å². The van der Waals surface area contributed by atoms with E-state index in [0.29, 0.717) is 5.69 Å². The van der Waals surface area contributed by atoms with Gasteiger partial charge in [0, 0.05) is 50.3 Å². The summed E-state index contributed by atoms with van der Waals surface area (Å²) in [4.78, 5) is 4.86. The molecule has 1 saturated heterocycles. The fourth-order valence-electron chi connectivity index (χ4n) is 3.46. The lowest BCUT2D eigenvalue weighted by Crippen LogP contribution is -2.46. The number of benzene rings is 2. The van der Waals surface area contributed by atoms with Crippen LogP contribution in [-0.2, 0) is 6.54 Å². The summed E-state index contributed by atoms with van der Waals surface area (Å²) in [5, 5.41) is 0. The first-order chi connectivity index (χ1) is 12.3. The van der Waals surface area contributed by atoms with Crippen LogP contribution < -0.4 is 4.90 Å². The largest absolute Gasteiger partial charge is 0.369 e. The fourth-order valence-corrected chi connectivity index (χ4v) is 3.46. The SMILES string of the molecule is Fc1ccccc1-n1cccc1CN1CCN(c2ccccc2)CC1. The second kappa shape index (κ2) is 7.11. The zero-order valence-electron chi connectivity index (χ0n) is 14.2. The molecule has 0 bridgehead atoms. The predicted octanol–water partition coefficient (Wildman–Crippen LogP) is 3.94. The van der Waals surface area contributed by atoms with Gasteiger partial charge < -0.3 is 9.47 Å². The number of para-hydroxylation sites is 2. The van der Waals surface area contributed by atoms with Crippen LogP contribution in [0, 0.1) is 5.82 Å². The van der Waals surface area contributed by atoms with Crippen LogP contribution in [0.1, 0.15) is 5.69 Å². The monoisotopic (exact) mass is 335 g/mol. The third kappa shape index (κ3) is 3.44. The Morgan fingerprint density at radius 2 is 1.48 bits per heavy atom. The second-order valence-electron chi connectivity index (χ2n) is 6.42. The van der Waals surface area contributed by atoms with E-state index in [1.165, 1.54) is 11.8 Å². The highest BCUT2D eigenvalue weighted by Gasteiger charge is 2.18. The van der Waals surface area contributed by atoms with Gasteiger partial charge in [-0.25, -0.2) is 4.39 Å². The van der Waals surface area contributed by atoms with Crippen LogP contribution in [-0.4, -0.2) is 35.6 Å². The number of rotatable bonds is 4. The molecule has 2 heterocycles. The Labute approximate surface area is 147 Å². The smallest absolute Gasteiger partial charge is 0.147 e. The lowest BCUT2D eigenvalue weighted by atomic mass is 10.2. The molecular formula is C21H22FN3. The number of anilines is 1. The Morgan fingerprint density at radius 3 is 2.24 bits per heavy atom. The maximum atomic E-state index is 14.1. The van der Waals surface area contributed by atoms with Gasteiger partial charge in [-0.2, -0.15) is 0 Å². The average molecular weight is 335 g/mol. The summed E-state index contributed by atoms with van der Waals surface area (Å²) >= 11 is 0. The molecule has 4 heteroatoms. The molecule has 4 rings (SSSR count). The molecule has 0 radical (unpaired) electrons. The van der Waals surface area contributed by atoms with Gasteiger partial charge in [0.05, 0.1) is 5.69 Å². The number of halogens is 1. The number of nitrogens with zero attached hydrogens (tertiary/aromatic N) is 3. The molecule has 1 aliphatic heterocycles. The molecule has 0 spiro atoms. The van der Waals surface area contributed by atoms with Crippen molar-refractivity contribution >= 4 is 5.69 Å². The minimum atomic E-state index is -0.186. The molecule has 0 amide bonds. The highest BCUT2D eigenvalue weighted by molar-refractivity contribution is 5.46. The van der Waals surface area contributed by atoms with Crippen molar-refractivity contribution in [3.05, 3.63) is 84.4 Å². The van der Waals surface area contributed by atoms with Gasteiger partial charge in [-0.1, -0.05) is 30.3 Å². The van der Waals surface area contributed by atoms with Crippen LogP contribution in [0.3, 0.4) is 0 Å². The Hall–Kier alpha value is -2.59. The average Bonchev–Trinajstić information content (AvgIpc) is 3.11. The first-order valence-electron chi connectivity index (χ1n) is 8.75. The third-order valence-electron chi connectivity index (χ3n) is 4.82. The summed E-state index contributed by atoms with van der Waals surface area (Å²) in [7, 11) is 0. The molecule has 0 N–H and O–H groups in total. The Bertz CT molecular complexity index is 820. The predicted molar refractivity (Wildman–Crippen MR) is 99.7 cm³/mol. The molecule has 128 valence electrons. The van der Waals surface area contributed by atoms with Crippen LogP contribution >= 0.6 is 0 Å². The lowest BCUT2D eigenvalue weighted by Gasteiger charge is -2.36. The number of piperazine rings is 1. The molecule has 0 saturated carbocycles. The van der Waals surface area contributed by atoms with Crippen molar-refractivity contribution in [2.75, 3.05) is 31.1 Å². The van der Waals surface area contributed by atoms with Crippen LogP contribution in [0.5, 0.6) is 0 Å². The first-order valence-corrected chi connectivity index (χ1v) is 8.75. The minimum absolute atomic E-state index is 0.186. The second-order valence-corrected chi connectivity index (χ2v) is 6.42. The van der Waals surface area contributed by atoms with Crippen molar-refractivity contribution in [2.45, 2.75) is 6.54 Å². The summed E-state index contributed by atoms with van der Waals surface area (Å²) in [6, 6.07) is 21.6. The van der Waals surface area contributed by atoms with E-state index >= 15 is 0 Å². The van der Waals surface area contributed by atoms with Crippen LogP contribution in [0.4, 0.5) is 10.1 Å². The number of aromatic nitrogens is 1. The lowest BCUT2D eigenvalue weighted by molar-refractivity contribution is 0.246. The van der Waals surface area contributed by atoms with E-state index in [-0.39, 0.29) is 5.82 Å². The molecule has 0 aliphatic carbocycles. The van der Waals surface area contributed by atoms with E-state index in [4.69, 9.17) is 0 Å². The zero-order chi connectivity index (χ0) is 17.1. The molecule has 2 aromatic carbocycles. The standard InChI is InChI=1S/C21H22FN3/c22-20-10-4-5-11-21(20)25-12-6-9-19(25)17-23-13-15-24(16-14-23)18-7-2-1-3-8-18/h1-12H,13-17H2. The Morgan fingerprint density at radius 1 is 0.760 bits per heavy atom. The van der Waals surface area contributed by atoms with Gasteiger partial charge in [0.2, 0.25) is 0 Å². The van der Waals surface area contributed by atoms with Crippen molar-refractivity contribution in [2.24, 2.45) is 0 Å². The fraction of sp³-hybridized carbons (Fsp3) is 0.238. The molecular weight excluding hydrogens is 313 g/mol. The van der Waals surface area contributed by atoms with E-state index in [9.17, 15) is 4.39 Å². The highest BCUT2D eigenvalue weighted by atomic mass is 19.1. The number of hydrogen-bond donors (Lipinski definition) is 0. The third-order valence-corrected chi connectivity index (χ3v) is 4.82. The minimum Gasteiger partial charge on any atom is -0.369 e. The molecule has 3 nitrogen and oxygen atoms in total. The van der Waals surface area contributed by atoms with Gasteiger partial charge in [-0.05, 0) is 36.4 Å². The summed E-state index contributed by atoms with van der Waals surface area (Å²) in [5.74, 6) is -0.186. The van der Waals surface area contributed by atoms with Crippen molar-refractivity contribution in [1.29, 1.82) is 0 Å². The molecule has 1 aliphatic rings. The zero-order valence-corrected chi connectivity index (χ0v) is 14.2. The molecule has 25 heavy (non-hydrogen) atoms. The van der Waals surface area contributed by atoms with E-state index in [0.717, 1.165) is 38.4 Å². The summed E-state index contributed by atoms with van der Waals surface area (Å²) in [5.41, 5.74) is 3.03. The van der Waals surface area contributed by atoms with Crippen LogP contribution in [0.2, 0.25) is 0 Å². The molecule has 1 fully saturated rings. The normalized spacial score (nSPS) is 15.5. The van der Waals surface area contributed by atoms with Crippen molar-refractivity contribution in [1.82, 2.24) is 9.47 Å². The molecule has 1 aromatic heterocycles.